The summed E-state index contributed by atoms with van der Waals surface area (Å²) in [7, 11) is 2.76. The SMILES string of the molecule is COc1ccc(C(C)C)cc1-c1ccc(C(F)(F)F)cc1CN(Cc1cc(Cl)cc(C(F)(F)F)c1)OC. The molecule has 0 bridgehead atoms. The second-order valence-electron chi connectivity index (χ2n) is 8.81. The number of ether oxygens (including phenoxy) is 1. The number of methoxy groups -OCH3 is 1. The van der Waals surface area contributed by atoms with Crippen LogP contribution in [0, 0.1) is 0 Å². The smallest absolute Gasteiger partial charge is 0.416 e. The first-order chi connectivity index (χ1) is 17.2. The van der Waals surface area contributed by atoms with Gasteiger partial charge in [-0.2, -0.15) is 31.4 Å². The maximum Gasteiger partial charge on any atom is 0.416 e. The van der Waals surface area contributed by atoms with Gasteiger partial charge in [-0.3, -0.25) is 0 Å². The van der Waals surface area contributed by atoms with Gasteiger partial charge in [0.15, 0.2) is 0 Å². The third-order valence-corrected chi connectivity index (χ3v) is 6.08. The van der Waals surface area contributed by atoms with Crippen molar-refractivity contribution in [1.29, 1.82) is 0 Å². The lowest BCUT2D eigenvalue weighted by atomic mass is 9.92. The van der Waals surface area contributed by atoms with Crippen LogP contribution in [0.4, 0.5) is 26.3 Å². The van der Waals surface area contributed by atoms with Crippen molar-refractivity contribution in [2.24, 2.45) is 0 Å². The number of hydrogen-bond acceptors (Lipinski definition) is 3. The molecule has 0 spiro atoms. The molecule has 0 fully saturated rings. The minimum absolute atomic E-state index is 0.115. The molecule has 0 saturated heterocycles. The van der Waals surface area contributed by atoms with E-state index >= 15 is 0 Å². The van der Waals surface area contributed by atoms with Crippen molar-refractivity contribution in [3.05, 3.63) is 87.4 Å². The summed E-state index contributed by atoms with van der Waals surface area (Å²) in [4.78, 5) is 5.35. The molecule has 0 aliphatic heterocycles. The average Bonchev–Trinajstić information content (AvgIpc) is 2.81. The van der Waals surface area contributed by atoms with E-state index in [-0.39, 0.29) is 35.2 Å². The summed E-state index contributed by atoms with van der Waals surface area (Å²) in [5, 5.41) is 1.15. The molecule has 0 N–H and O–H groups in total. The van der Waals surface area contributed by atoms with Crippen LogP contribution in [-0.4, -0.2) is 19.3 Å². The van der Waals surface area contributed by atoms with Crippen molar-refractivity contribution in [1.82, 2.24) is 5.06 Å². The van der Waals surface area contributed by atoms with E-state index in [1.54, 1.807) is 6.07 Å². The summed E-state index contributed by atoms with van der Waals surface area (Å²) in [6.45, 7) is 3.68. The van der Waals surface area contributed by atoms with Crippen molar-refractivity contribution in [2.45, 2.75) is 45.2 Å². The standard InChI is InChI=1S/C27H26ClF6NO2/c1-16(2)18-5-8-25(36-3)24(12-18)23-7-6-20(26(29,30)31)11-19(23)15-35(37-4)14-17-9-21(27(32,33)34)13-22(28)10-17/h5-13,16H,14-15H2,1-4H3. The summed E-state index contributed by atoms with van der Waals surface area (Å²) in [5.41, 5.74) is 0.698. The van der Waals surface area contributed by atoms with E-state index in [1.165, 1.54) is 31.4 Å². The molecule has 37 heavy (non-hydrogen) atoms. The topological polar surface area (TPSA) is 21.7 Å². The average molecular weight is 546 g/mol. The molecule has 200 valence electrons. The van der Waals surface area contributed by atoms with E-state index in [0.29, 0.717) is 16.9 Å². The molecule has 0 unspecified atom stereocenters. The van der Waals surface area contributed by atoms with E-state index in [4.69, 9.17) is 21.2 Å². The highest BCUT2D eigenvalue weighted by atomic mass is 35.5. The molecule has 3 rings (SSSR count). The number of alkyl halides is 6. The maximum absolute atomic E-state index is 13.6. The summed E-state index contributed by atoms with van der Waals surface area (Å²) in [5.74, 6) is 0.628. The van der Waals surface area contributed by atoms with Crippen molar-refractivity contribution < 1.29 is 35.9 Å². The van der Waals surface area contributed by atoms with E-state index in [0.717, 1.165) is 29.8 Å². The molecule has 0 aliphatic carbocycles. The lowest BCUT2D eigenvalue weighted by Crippen LogP contribution is -2.22. The molecule has 0 aromatic heterocycles. The molecular formula is C27H26ClF6NO2. The normalized spacial score (nSPS) is 12.5. The van der Waals surface area contributed by atoms with Crippen LogP contribution in [0.3, 0.4) is 0 Å². The van der Waals surface area contributed by atoms with Crippen molar-refractivity contribution in [2.75, 3.05) is 14.2 Å². The maximum atomic E-state index is 13.6. The summed E-state index contributed by atoms with van der Waals surface area (Å²) < 4.78 is 86.0. The molecule has 0 aliphatic rings. The second-order valence-corrected chi connectivity index (χ2v) is 9.25. The molecule has 0 saturated carbocycles. The zero-order valence-electron chi connectivity index (χ0n) is 20.6. The lowest BCUT2D eigenvalue weighted by Gasteiger charge is -2.24. The molecule has 0 radical (unpaired) electrons. The van der Waals surface area contributed by atoms with Crippen LogP contribution < -0.4 is 4.74 Å². The van der Waals surface area contributed by atoms with E-state index in [9.17, 15) is 26.3 Å². The van der Waals surface area contributed by atoms with Crippen LogP contribution in [0.2, 0.25) is 5.02 Å². The van der Waals surface area contributed by atoms with E-state index < -0.39 is 23.5 Å². The monoisotopic (exact) mass is 545 g/mol. The summed E-state index contributed by atoms with van der Waals surface area (Å²) >= 11 is 5.89. The minimum atomic E-state index is -4.61. The fourth-order valence-corrected chi connectivity index (χ4v) is 4.20. The van der Waals surface area contributed by atoms with Crippen molar-refractivity contribution >= 4 is 11.6 Å². The first-order valence-electron chi connectivity index (χ1n) is 11.3. The fraction of sp³-hybridized carbons (Fsp3) is 0.333. The van der Waals surface area contributed by atoms with Gasteiger partial charge in [-0.25, -0.2) is 0 Å². The highest BCUT2D eigenvalue weighted by molar-refractivity contribution is 6.30. The predicted octanol–water partition coefficient (Wildman–Crippen LogP) is 8.74. The first-order valence-corrected chi connectivity index (χ1v) is 11.6. The summed E-state index contributed by atoms with van der Waals surface area (Å²) in [6, 6.07) is 12.0. The third-order valence-electron chi connectivity index (χ3n) is 5.86. The Labute approximate surface area is 216 Å². The largest absolute Gasteiger partial charge is 0.496 e. The molecule has 0 atom stereocenters. The lowest BCUT2D eigenvalue weighted by molar-refractivity contribution is -0.148. The number of benzene rings is 3. The van der Waals surface area contributed by atoms with Gasteiger partial charge in [-0.15, -0.1) is 0 Å². The van der Waals surface area contributed by atoms with Gasteiger partial charge >= 0.3 is 12.4 Å². The van der Waals surface area contributed by atoms with Gasteiger partial charge in [0.1, 0.15) is 5.75 Å². The van der Waals surface area contributed by atoms with Crippen LogP contribution in [0.25, 0.3) is 11.1 Å². The Morgan fingerprint density at radius 3 is 2.03 bits per heavy atom. The number of rotatable bonds is 8. The van der Waals surface area contributed by atoms with Gasteiger partial charge in [0.05, 0.1) is 31.9 Å². The zero-order chi connectivity index (χ0) is 27.5. The number of nitrogens with zero attached hydrogens (tertiary/aromatic N) is 1. The van der Waals surface area contributed by atoms with Crippen molar-refractivity contribution in [3.63, 3.8) is 0 Å². The zero-order valence-corrected chi connectivity index (χ0v) is 21.4. The predicted molar refractivity (Wildman–Crippen MR) is 130 cm³/mol. The Morgan fingerprint density at radius 2 is 1.46 bits per heavy atom. The number of hydroxylamine groups is 2. The van der Waals surface area contributed by atoms with E-state index in [1.807, 2.05) is 26.0 Å². The molecule has 0 amide bonds. The molecule has 3 aromatic rings. The molecule has 0 heterocycles. The molecule has 3 nitrogen and oxygen atoms in total. The van der Waals surface area contributed by atoms with Gasteiger partial charge in [0, 0.05) is 17.1 Å². The highest BCUT2D eigenvalue weighted by Crippen LogP contribution is 2.39. The van der Waals surface area contributed by atoms with Crippen LogP contribution in [0.15, 0.2) is 54.6 Å². The molecule has 3 aromatic carbocycles. The van der Waals surface area contributed by atoms with Gasteiger partial charge in [-0.05, 0) is 70.6 Å². The van der Waals surface area contributed by atoms with Crippen LogP contribution in [-0.2, 0) is 30.3 Å². The van der Waals surface area contributed by atoms with Gasteiger partial charge in [0.25, 0.3) is 0 Å². The second kappa shape index (κ2) is 11.3. The number of hydrogen-bond donors (Lipinski definition) is 0. The highest BCUT2D eigenvalue weighted by Gasteiger charge is 2.32. The van der Waals surface area contributed by atoms with Gasteiger partial charge in [-0.1, -0.05) is 37.6 Å². The Balaban J connectivity index is 2.08. The van der Waals surface area contributed by atoms with Crippen LogP contribution in [0.5, 0.6) is 5.75 Å². The van der Waals surface area contributed by atoms with Crippen LogP contribution in [0.1, 0.15) is 47.6 Å². The van der Waals surface area contributed by atoms with Gasteiger partial charge < -0.3 is 9.57 Å². The molecule has 10 heteroatoms. The Hall–Kier alpha value is -2.75. The Kier molecular flexibility index (Phi) is 8.82. The summed E-state index contributed by atoms with van der Waals surface area (Å²) in [6.07, 6.45) is -9.20. The Morgan fingerprint density at radius 1 is 0.784 bits per heavy atom. The first kappa shape index (κ1) is 28.8. The van der Waals surface area contributed by atoms with Crippen LogP contribution >= 0.6 is 11.6 Å². The number of halogens is 7. The fourth-order valence-electron chi connectivity index (χ4n) is 3.94. The van der Waals surface area contributed by atoms with E-state index in [2.05, 4.69) is 0 Å². The van der Waals surface area contributed by atoms with Gasteiger partial charge in [0.2, 0.25) is 0 Å². The third kappa shape index (κ3) is 7.18. The Bertz CT molecular complexity index is 1240. The quantitative estimate of drug-likeness (QED) is 0.209. The van der Waals surface area contributed by atoms with Crippen molar-refractivity contribution in [3.8, 4) is 16.9 Å². The minimum Gasteiger partial charge on any atom is -0.496 e. The molecular weight excluding hydrogens is 520 g/mol.